The van der Waals surface area contributed by atoms with Gasteiger partial charge in [-0.25, -0.2) is 9.97 Å². The number of rotatable bonds is 5. The number of pyridine rings is 2. The highest BCUT2D eigenvalue weighted by atomic mass is 16.5. The standard InChI is InChI=1S/C26H29N7O2/c1-34-21-4-2-3-18-5-8-23(29-24(18)21)32-13-9-19(10-14-32)26-30-25(31-35-26)20-6-7-22(28-17-20)33-15-11-27-12-16-33/h2-8,17,19,27H,9-16H2,1H3. The molecule has 2 fully saturated rings. The number of piperidine rings is 1. The van der Waals surface area contributed by atoms with Crippen LogP contribution in [0.2, 0.25) is 0 Å². The van der Waals surface area contributed by atoms with Crippen molar-refractivity contribution in [3.63, 3.8) is 0 Å². The predicted molar refractivity (Wildman–Crippen MR) is 135 cm³/mol. The molecule has 0 saturated carbocycles. The molecule has 0 spiro atoms. The molecule has 1 aromatic carbocycles. The zero-order valence-electron chi connectivity index (χ0n) is 19.9. The van der Waals surface area contributed by atoms with Gasteiger partial charge in [0.15, 0.2) is 0 Å². The Morgan fingerprint density at radius 1 is 0.914 bits per heavy atom. The van der Waals surface area contributed by atoms with Crippen LogP contribution in [0.15, 0.2) is 53.2 Å². The van der Waals surface area contributed by atoms with Crippen molar-refractivity contribution < 1.29 is 9.26 Å². The van der Waals surface area contributed by atoms with Crippen molar-refractivity contribution >= 4 is 22.5 Å². The van der Waals surface area contributed by atoms with E-state index in [9.17, 15) is 0 Å². The molecule has 3 aromatic heterocycles. The zero-order chi connectivity index (χ0) is 23.6. The van der Waals surface area contributed by atoms with Crippen molar-refractivity contribution in [1.82, 2.24) is 25.4 Å². The molecule has 0 atom stereocenters. The number of benzene rings is 1. The third-order valence-corrected chi connectivity index (χ3v) is 6.95. The van der Waals surface area contributed by atoms with E-state index in [2.05, 4.69) is 43.5 Å². The van der Waals surface area contributed by atoms with Crippen molar-refractivity contribution in [2.45, 2.75) is 18.8 Å². The number of piperazine rings is 1. The van der Waals surface area contributed by atoms with Crippen LogP contribution in [0.25, 0.3) is 22.3 Å². The molecule has 0 aliphatic carbocycles. The first-order valence-corrected chi connectivity index (χ1v) is 12.2. The number of anilines is 2. The molecule has 9 nitrogen and oxygen atoms in total. The lowest BCUT2D eigenvalue weighted by molar-refractivity contribution is 0.329. The van der Waals surface area contributed by atoms with Gasteiger partial charge in [-0.05, 0) is 43.2 Å². The SMILES string of the molecule is COc1cccc2ccc(N3CCC(c4nc(-c5ccc(N6CCNCC6)nc5)no4)CC3)nc12. The molecule has 35 heavy (non-hydrogen) atoms. The van der Waals surface area contributed by atoms with Crippen LogP contribution in [0.5, 0.6) is 5.75 Å². The number of methoxy groups -OCH3 is 1. The minimum Gasteiger partial charge on any atom is -0.494 e. The van der Waals surface area contributed by atoms with Crippen LogP contribution in [0.3, 0.4) is 0 Å². The van der Waals surface area contributed by atoms with Gasteiger partial charge < -0.3 is 24.4 Å². The number of ether oxygens (including phenoxy) is 1. The highest BCUT2D eigenvalue weighted by Gasteiger charge is 2.26. The van der Waals surface area contributed by atoms with Crippen molar-refractivity contribution in [3.8, 4) is 17.1 Å². The molecule has 1 N–H and O–H groups in total. The molecule has 9 heteroatoms. The number of hydrogen-bond donors (Lipinski definition) is 1. The fraction of sp³-hybridized carbons (Fsp3) is 0.385. The Bertz CT molecular complexity index is 1290. The molecule has 180 valence electrons. The van der Waals surface area contributed by atoms with E-state index in [1.807, 2.05) is 30.5 Å². The van der Waals surface area contributed by atoms with Gasteiger partial charge in [-0.1, -0.05) is 17.3 Å². The van der Waals surface area contributed by atoms with E-state index in [0.29, 0.717) is 11.7 Å². The number of hydrogen-bond acceptors (Lipinski definition) is 9. The molecule has 2 aliphatic heterocycles. The lowest BCUT2D eigenvalue weighted by Gasteiger charge is -2.31. The third-order valence-electron chi connectivity index (χ3n) is 6.95. The second-order valence-corrected chi connectivity index (χ2v) is 9.06. The van der Waals surface area contributed by atoms with E-state index in [4.69, 9.17) is 19.2 Å². The summed E-state index contributed by atoms with van der Waals surface area (Å²) in [5, 5.41) is 8.69. The van der Waals surface area contributed by atoms with E-state index in [-0.39, 0.29) is 5.92 Å². The lowest BCUT2D eigenvalue weighted by Crippen LogP contribution is -2.43. The van der Waals surface area contributed by atoms with Crippen LogP contribution in [0.1, 0.15) is 24.7 Å². The maximum absolute atomic E-state index is 5.68. The van der Waals surface area contributed by atoms with Gasteiger partial charge in [0.2, 0.25) is 11.7 Å². The Balaban J connectivity index is 1.11. The summed E-state index contributed by atoms with van der Waals surface area (Å²) in [7, 11) is 1.68. The minimum absolute atomic E-state index is 0.246. The molecule has 4 aromatic rings. The fourth-order valence-electron chi connectivity index (χ4n) is 4.92. The Labute approximate surface area is 204 Å². The molecule has 0 unspecified atom stereocenters. The maximum atomic E-state index is 5.68. The summed E-state index contributed by atoms with van der Waals surface area (Å²) in [5.41, 5.74) is 1.78. The lowest BCUT2D eigenvalue weighted by atomic mass is 9.96. The summed E-state index contributed by atoms with van der Waals surface area (Å²) in [6.45, 7) is 5.69. The average Bonchev–Trinajstić information content (AvgIpc) is 3.43. The zero-order valence-corrected chi connectivity index (χ0v) is 19.9. The van der Waals surface area contributed by atoms with E-state index in [1.165, 1.54) is 0 Å². The molecule has 5 heterocycles. The number of nitrogens with one attached hydrogen (secondary N) is 1. The van der Waals surface area contributed by atoms with E-state index < -0.39 is 0 Å². The second-order valence-electron chi connectivity index (χ2n) is 9.06. The summed E-state index contributed by atoms with van der Waals surface area (Å²) in [4.78, 5) is 18.8. The van der Waals surface area contributed by atoms with Gasteiger partial charge in [0.05, 0.1) is 7.11 Å². The van der Waals surface area contributed by atoms with Crippen molar-refractivity contribution in [1.29, 1.82) is 0 Å². The van der Waals surface area contributed by atoms with E-state index >= 15 is 0 Å². The molecular formula is C26H29N7O2. The normalized spacial score (nSPS) is 17.2. The molecule has 6 rings (SSSR count). The van der Waals surface area contributed by atoms with Crippen LogP contribution in [-0.4, -0.2) is 66.5 Å². The number of aromatic nitrogens is 4. The van der Waals surface area contributed by atoms with Gasteiger partial charge in [0.25, 0.3) is 0 Å². The monoisotopic (exact) mass is 471 g/mol. The average molecular weight is 472 g/mol. The Morgan fingerprint density at radius 3 is 2.49 bits per heavy atom. The van der Waals surface area contributed by atoms with Gasteiger partial charge in [-0.15, -0.1) is 0 Å². The number of nitrogens with zero attached hydrogens (tertiary/aromatic N) is 6. The van der Waals surface area contributed by atoms with Crippen LogP contribution in [0, 0.1) is 0 Å². The van der Waals surface area contributed by atoms with Crippen molar-refractivity contribution in [2.75, 3.05) is 56.2 Å². The Hall–Kier alpha value is -3.72. The molecule has 0 amide bonds. The molecular weight excluding hydrogens is 442 g/mol. The molecule has 2 aliphatic rings. The molecule has 2 saturated heterocycles. The van der Waals surface area contributed by atoms with Gasteiger partial charge in [0.1, 0.15) is 22.9 Å². The van der Waals surface area contributed by atoms with Gasteiger partial charge in [-0.2, -0.15) is 4.98 Å². The van der Waals surface area contributed by atoms with Crippen molar-refractivity contribution in [2.24, 2.45) is 0 Å². The van der Waals surface area contributed by atoms with Crippen molar-refractivity contribution in [3.05, 3.63) is 54.6 Å². The largest absolute Gasteiger partial charge is 0.494 e. The minimum atomic E-state index is 0.246. The summed E-state index contributed by atoms with van der Waals surface area (Å²) in [6.07, 6.45) is 3.72. The molecule has 0 radical (unpaired) electrons. The van der Waals surface area contributed by atoms with Crippen LogP contribution in [-0.2, 0) is 0 Å². The fourth-order valence-corrected chi connectivity index (χ4v) is 4.92. The van der Waals surface area contributed by atoms with Crippen LogP contribution >= 0.6 is 0 Å². The quantitative estimate of drug-likeness (QED) is 0.470. The van der Waals surface area contributed by atoms with Gasteiger partial charge in [-0.3, -0.25) is 0 Å². The number of para-hydroxylation sites is 1. The first-order chi connectivity index (χ1) is 17.3. The summed E-state index contributed by atoms with van der Waals surface area (Å²) >= 11 is 0. The van der Waals surface area contributed by atoms with Gasteiger partial charge in [0, 0.05) is 62.3 Å². The van der Waals surface area contributed by atoms with Gasteiger partial charge >= 0.3 is 0 Å². The first-order valence-electron chi connectivity index (χ1n) is 12.2. The Kier molecular flexibility index (Phi) is 5.91. The highest BCUT2D eigenvalue weighted by molar-refractivity contribution is 5.86. The van der Waals surface area contributed by atoms with Crippen LogP contribution < -0.4 is 19.9 Å². The topological polar surface area (TPSA) is 92.4 Å². The third kappa shape index (κ3) is 4.39. The maximum Gasteiger partial charge on any atom is 0.230 e. The van der Waals surface area contributed by atoms with E-state index in [0.717, 1.165) is 86.0 Å². The van der Waals surface area contributed by atoms with Crippen LogP contribution in [0.4, 0.5) is 11.6 Å². The smallest absolute Gasteiger partial charge is 0.230 e. The Morgan fingerprint density at radius 2 is 1.71 bits per heavy atom. The second kappa shape index (κ2) is 9.50. The molecule has 0 bridgehead atoms. The number of fused-ring (bicyclic) bond motifs is 1. The first kappa shape index (κ1) is 21.8. The highest BCUT2D eigenvalue weighted by Crippen LogP contribution is 2.32. The summed E-state index contributed by atoms with van der Waals surface area (Å²) in [6, 6.07) is 14.3. The van der Waals surface area contributed by atoms with E-state index in [1.54, 1.807) is 7.11 Å². The predicted octanol–water partition coefficient (Wildman–Crippen LogP) is 3.48. The summed E-state index contributed by atoms with van der Waals surface area (Å²) in [5.74, 6) is 4.32. The summed E-state index contributed by atoms with van der Waals surface area (Å²) < 4.78 is 11.2.